The van der Waals surface area contributed by atoms with Crippen LogP contribution in [0.4, 0.5) is 8.78 Å². The average Bonchev–Trinajstić information content (AvgIpc) is 3.13. The molecule has 4 N–H and O–H groups in total. The third-order valence-corrected chi connectivity index (χ3v) is 6.65. The summed E-state index contributed by atoms with van der Waals surface area (Å²) >= 11 is 5.61. The summed E-state index contributed by atoms with van der Waals surface area (Å²) in [7, 11) is 0. The molecule has 3 aliphatic heterocycles. The Morgan fingerprint density at radius 2 is 2.03 bits per heavy atom. The molecule has 2 fully saturated rings. The second-order valence-corrected chi connectivity index (χ2v) is 8.54. The Morgan fingerprint density at radius 1 is 1.30 bits per heavy atom. The van der Waals surface area contributed by atoms with Crippen LogP contribution in [0.5, 0.6) is 0 Å². The maximum atomic E-state index is 14.2. The van der Waals surface area contributed by atoms with Gasteiger partial charge in [0, 0.05) is 30.9 Å². The van der Waals surface area contributed by atoms with Crippen molar-refractivity contribution in [3.05, 3.63) is 57.1 Å². The molecule has 1 aromatic carbocycles. The highest BCUT2D eigenvalue weighted by Crippen LogP contribution is 2.43. The predicted octanol–water partition coefficient (Wildman–Crippen LogP) is 1.55. The van der Waals surface area contributed by atoms with Crippen molar-refractivity contribution in [2.45, 2.75) is 45.0 Å². The lowest BCUT2D eigenvalue weighted by Gasteiger charge is -2.43. The van der Waals surface area contributed by atoms with Crippen LogP contribution >= 0.6 is 11.6 Å². The predicted molar refractivity (Wildman–Crippen MR) is 116 cm³/mol. The Bertz CT molecular complexity index is 1080. The van der Waals surface area contributed by atoms with Gasteiger partial charge in [-0.1, -0.05) is 24.6 Å². The standard InChI is InChI=1S/C22H25ClF2N4O4/c1-3-26-13-7-11-9-28(4-2)22(33)18-20(31)19(30)14(17(13)29(11)18)21(32)27-8-10-5-6-12(24)15(23)16(10)25/h5-6,11,13,19,26,30-31H,3-4,7-9H2,1-2H3,(H,27,32)/t11-,13+,19?/m1/s1. The fourth-order valence-electron chi connectivity index (χ4n) is 4.77. The van der Waals surface area contributed by atoms with Gasteiger partial charge in [-0.3, -0.25) is 9.59 Å². The number of likely N-dealkylation sites (N-methyl/N-ethyl adjacent to an activating group) is 2. The minimum absolute atomic E-state index is 0.0242. The van der Waals surface area contributed by atoms with Crippen molar-refractivity contribution >= 4 is 23.4 Å². The molecule has 8 nitrogen and oxygen atoms in total. The Morgan fingerprint density at radius 3 is 2.70 bits per heavy atom. The van der Waals surface area contributed by atoms with Crippen molar-refractivity contribution in [2.24, 2.45) is 0 Å². The molecule has 2 saturated heterocycles. The zero-order valence-corrected chi connectivity index (χ0v) is 18.9. The molecule has 1 unspecified atom stereocenters. The van der Waals surface area contributed by atoms with E-state index >= 15 is 0 Å². The van der Waals surface area contributed by atoms with Crippen LogP contribution in [0.2, 0.25) is 5.02 Å². The fraction of sp³-hybridized carbons (Fsp3) is 0.455. The molecular weight excluding hydrogens is 458 g/mol. The fourth-order valence-corrected chi connectivity index (χ4v) is 4.96. The summed E-state index contributed by atoms with van der Waals surface area (Å²) in [6, 6.07) is 1.65. The first-order valence-electron chi connectivity index (χ1n) is 10.8. The Kier molecular flexibility index (Phi) is 6.35. The van der Waals surface area contributed by atoms with E-state index in [9.17, 15) is 28.6 Å². The number of carbonyl (C=O) groups is 2. The second-order valence-electron chi connectivity index (χ2n) is 8.17. The summed E-state index contributed by atoms with van der Waals surface area (Å²) in [5, 5.41) is 26.7. The van der Waals surface area contributed by atoms with Crippen LogP contribution in [-0.4, -0.2) is 69.6 Å². The second kappa shape index (κ2) is 8.92. The Labute approximate surface area is 194 Å². The maximum Gasteiger partial charge on any atom is 0.274 e. The number of carbonyl (C=O) groups excluding carboxylic acids is 2. The summed E-state index contributed by atoms with van der Waals surface area (Å²) < 4.78 is 27.7. The van der Waals surface area contributed by atoms with Crippen LogP contribution in [0.15, 0.2) is 34.9 Å². The van der Waals surface area contributed by atoms with Crippen molar-refractivity contribution in [1.82, 2.24) is 20.4 Å². The van der Waals surface area contributed by atoms with Crippen LogP contribution in [0.1, 0.15) is 25.8 Å². The lowest BCUT2D eigenvalue weighted by Crippen LogP contribution is -2.55. The summed E-state index contributed by atoms with van der Waals surface area (Å²) in [4.78, 5) is 29.3. The molecule has 4 rings (SSSR count). The molecular formula is C22H25ClF2N4O4. The Balaban J connectivity index is 1.70. The van der Waals surface area contributed by atoms with Gasteiger partial charge in [0.1, 0.15) is 28.5 Å². The number of rotatable bonds is 6. The van der Waals surface area contributed by atoms with Gasteiger partial charge in [0.2, 0.25) is 0 Å². The van der Waals surface area contributed by atoms with E-state index in [1.165, 1.54) is 0 Å². The first-order valence-corrected chi connectivity index (χ1v) is 11.2. The molecule has 0 aliphatic carbocycles. The van der Waals surface area contributed by atoms with Crippen molar-refractivity contribution < 1.29 is 28.6 Å². The number of hydrogen-bond donors (Lipinski definition) is 4. The van der Waals surface area contributed by atoms with E-state index in [0.717, 1.165) is 12.1 Å². The smallest absolute Gasteiger partial charge is 0.274 e. The molecule has 33 heavy (non-hydrogen) atoms. The third kappa shape index (κ3) is 3.75. The summed E-state index contributed by atoms with van der Waals surface area (Å²) in [6.07, 6.45) is -1.16. The number of halogens is 3. The number of benzene rings is 1. The van der Waals surface area contributed by atoms with Crippen molar-refractivity contribution in [3.63, 3.8) is 0 Å². The number of nitrogens with one attached hydrogen (secondary N) is 2. The number of piperazine rings is 1. The van der Waals surface area contributed by atoms with E-state index in [0.29, 0.717) is 31.8 Å². The van der Waals surface area contributed by atoms with Gasteiger partial charge in [-0.25, -0.2) is 8.78 Å². The van der Waals surface area contributed by atoms with Gasteiger partial charge in [-0.2, -0.15) is 0 Å². The van der Waals surface area contributed by atoms with Gasteiger partial charge >= 0.3 is 0 Å². The van der Waals surface area contributed by atoms with Crippen LogP contribution < -0.4 is 10.6 Å². The third-order valence-electron chi connectivity index (χ3n) is 6.31. The molecule has 0 aromatic heterocycles. The molecule has 2 amide bonds. The van der Waals surface area contributed by atoms with E-state index in [1.807, 2.05) is 13.8 Å². The lowest BCUT2D eigenvalue weighted by atomic mass is 9.95. The van der Waals surface area contributed by atoms with Crippen molar-refractivity contribution in [1.29, 1.82) is 0 Å². The molecule has 178 valence electrons. The number of aliphatic hydroxyl groups excluding tert-OH is 2. The highest BCUT2D eigenvalue weighted by atomic mass is 35.5. The van der Waals surface area contributed by atoms with E-state index in [-0.39, 0.29) is 35.5 Å². The molecule has 3 heterocycles. The minimum atomic E-state index is -1.73. The number of hydrogen-bond acceptors (Lipinski definition) is 6. The van der Waals surface area contributed by atoms with E-state index < -0.39 is 40.3 Å². The van der Waals surface area contributed by atoms with E-state index in [1.54, 1.807) is 9.80 Å². The summed E-state index contributed by atoms with van der Waals surface area (Å²) in [5.74, 6) is -3.65. The SMILES string of the molecule is CCN[C@H]1C[C@@H]2CN(CC)C(=O)C3=C(O)C(O)C(C(=O)NCc4ccc(F)c(Cl)c4F)=C1N32. The number of aliphatic hydroxyl groups is 2. The van der Waals surface area contributed by atoms with Gasteiger partial charge in [0.25, 0.3) is 11.8 Å². The zero-order chi connectivity index (χ0) is 24.0. The largest absolute Gasteiger partial charge is 0.507 e. The topological polar surface area (TPSA) is 105 Å². The van der Waals surface area contributed by atoms with Gasteiger partial charge in [0.15, 0.2) is 5.76 Å². The first kappa shape index (κ1) is 23.5. The minimum Gasteiger partial charge on any atom is -0.507 e. The van der Waals surface area contributed by atoms with Crippen molar-refractivity contribution in [2.75, 3.05) is 19.6 Å². The quantitative estimate of drug-likeness (QED) is 0.459. The zero-order valence-electron chi connectivity index (χ0n) is 18.2. The summed E-state index contributed by atoms with van der Waals surface area (Å²) in [5.41, 5.74) is 0.242. The molecule has 0 radical (unpaired) electrons. The van der Waals surface area contributed by atoms with Gasteiger partial charge in [-0.05, 0) is 26.0 Å². The van der Waals surface area contributed by atoms with Gasteiger partial charge in [0.05, 0.1) is 17.7 Å². The van der Waals surface area contributed by atoms with Crippen LogP contribution in [0.25, 0.3) is 0 Å². The van der Waals surface area contributed by atoms with Crippen LogP contribution in [-0.2, 0) is 16.1 Å². The van der Waals surface area contributed by atoms with Gasteiger partial charge in [-0.15, -0.1) is 0 Å². The first-order chi connectivity index (χ1) is 15.7. The normalized spacial score (nSPS) is 24.5. The molecule has 0 bridgehead atoms. The monoisotopic (exact) mass is 482 g/mol. The number of nitrogens with zero attached hydrogens (tertiary/aromatic N) is 2. The van der Waals surface area contributed by atoms with Crippen LogP contribution in [0.3, 0.4) is 0 Å². The van der Waals surface area contributed by atoms with E-state index in [4.69, 9.17) is 11.6 Å². The molecule has 3 atom stereocenters. The summed E-state index contributed by atoms with van der Waals surface area (Å²) in [6.45, 7) is 4.86. The highest BCUT2D eigenvalue weighted by Gasteiger charge is 2.52. The molecule has 3 aliphatic rings. The maximum absolute atomic E-state index is 14.2. The Hall–Kier alpha value is -2.69. The van der Waals surface area contributed by atoms with E-state index in [2.05, 4.69) is 10.6 Å². The average molecular weight is 483 g/mol. The molecule has 11 heteroatoms. The number of amides is 2. The van der Waals surface area contributed by atoms with Gasteiger partial charge < -0.3 is 30.6 Å². The molecule has 1 aromatic rings. The molecule has 0 saturated carbocycles. The van der Waals surface area contributed by atoms with Crippen molar-refractivity contribution in [3.8, 4) is 0 Å². The molecule has 0 spiro atoms. The lowest BCUT2D eigenvalue weighted by molar-refractivity contribution is -0.133. The van der Waals surface area contributed by atoms with Crippen LogP contribution in [0, 0.1) is 11.6 Å². The highest BCUT2D eigenvalue weighted by molar-refractivity contribution is 6.30.